The van der Waals surface area contributed by atoms with Crippen LogP contribution in [0.1, 0.15) is 11.1 Å². The van der Waals surface area contributed by atoms with Crippen molar-refractivity contribution in [3.05, 3.63) is 71.8 Å². The maximum absolute atomic E-state index is 12.9. The van der Waals surface area contributed by atoms with E-state index in [1.807, 2.05) is 60.7 Å². The Morgan fingerprint density at radius 3 is 1.76 bits per heavy atom. The Labute approximate surface area is 147 Å². The van der Waals surface area contributed by atoms with Crippen LogP contribution in [0.15, 0.2) is 60.7 Å². The van der Waals surface area contributed by atoms with Crippen LogP contribution in [-0.4, -0.2) is 26.1 Å². The summed E-state index contributed by atoms with van der Waals surface area (Å²) >= 11 is 0. The lowest BCUT2D eigenvalue weighted by molar-refractivity contribution is -0.118. The van der Waals surface area contributed by atoms with Crippen LogP contribution in [0.5, 0.6) is 0 Å². The van der Waals surface area contributed by atoms with E-state index in [4.69, 9.17) is 18.3 Å². The van der Waals surface area contributed by atoms with Crippen molar-refractivity contribution in [1.82, 2.24) is 0 Å². The molecule has 0 saturated carbocycles. The standard InChI is InChI=1S/C18H21O6P/c1-21-18(12-19)15-24-25(20,22-13-16-8-4-2-5-9-16)23-14-17-10-6-3-7-11-17/h2-12,18H,13-15H2,1H3. The van der Waals surface area contributed by atoms with Gasteiger partial charge in [-0.1, -0.05) is 60.7 Å². The Morgan fingerprint density at radius 2 is 1.36 bits per heavy atom. The van der Waals surface area contributed by atoms with Gasteiger partial charge in [0.05, 0.1) is 19.8 Å². The van der Waals surface area contributed by atoms with Gasteiger partial charge in [-0.2, -0.15) is 0 Å². The molecule has 1 unspecified atom stereocenters. The molecule has 25 heavy (non-hydrogen) atoms. The van der Waals surface area contributed by atoms with Crippen LogP contribution in [0.2, 0.25) is 0 Å². The number of ether oxygens (including phenoxy) is 1. The fourth-order valence-corrected chi connectivity index (χ4v) is 3.06. The summed E-state index contributed by atoms with van der Waals surface area (Å²) in [4.78, 5) is 10.8. The topological polar surface area (TPSA) is 71.1 Å². The highest BCUT2D eigenvalue weighted by Crippen LogP contribution is 2.51. The molecule has 0 fully saturated rings. The number of hydrogen-bond acceptors (Lipinski definition) is 6. The van der Waals surface area contributed by atoms with E-state index in [1.54, 1.807) is 0 Å². The first kappa shape index (κ1) is 19.5. The number of aldehydes is 1. The fraction of sp³-hybridized carbons (Fsp3) is 0.278. The number of carbonyl (C=O) groups is 1. The first-order valence-corrected chi connectivity index (χ1v) is 9.21. The number of phosphoric ester groups is 1. The van der Waals surface area contributed by atoms with E-state index < -0.39 is 13.9 Å². The Morgan fingerprint density at radius 1 is 0.880 bits per heavy atom. The molecule has 0 aromatic heterocycles. The quantitative estimate of drug-likeness (QED) is 0.447. The van der Waals surface area contributed by atoms with E-state index in [0.717, 1.165) is 11.1 Å². The Hall–Kier alpha value is -1.82. The van der Waals surface area contributed by atoms with E-state index in [0.29, 0.717) is 6.29 Å². The summed E-state index contributed by atoms with van der Waals surface area (Å²) in [6, 6.07) is 18.5. The third kappa shape index (κ3) is 6.90. The third-order valence-electron chi connectivity index (χ3n) is 3.32. The Kier molecular flexibility index (Phi) is 7.98. The van der Waals surface area contributed by atoms with E-state index in [1.165, 1.54) is 7.11 Å². The van der Waals surface area contributed by atoms with Crippen LogP contribution in [0.3, 0.4) is 0 Å². The maximum atomic E-state index is 12.9. The molecule has 2 aromatic rings. The largest absolute Gasteiger partial charge is 0.475 e. The first-order chi connectivity index (χ1) is 12.1. The average molecular weight is 364 g/mol. The van der Waals surface area contributed by atoms with Crippen molar-refractivity contribution in [2.75, 3.05) is 13.7 Å². The van der Waals surface area contributed by atoms with Gasteiger partial charge in [-0.15, -0.1) is 0 Å². The molecule has 0 heterocycles. The van der Waals surface area contributed by atoms with Gasteiger partial charge >= 0.3 is 7.82 Å². The number of benzene rings is 2. The van der Waals surface area contributed by atoms with Gasteiger partial charge < -0.3 is 9.53 Å². The molecule has 134 valence electrons. The summed E-state index contributed by atoms with van der Waals surface area (Å²) in [6.07, 6.45) is -0.271. The van der Waals surface area contributed by atoms with Crippen molar-refractivity contribution in [1.29, 1.82) is 0 Å². The fourth-order valence-electron chi connectivity index (χ4n) is 1.90. The second kappa shape index (κ2) is 10.2. The number of hydrogen-bond donors (Lipinski definition) is 0. The van der Waals surface area contributed by atoms with Gasteiger partial charge in [0.15, 0.2) is 6.29 Å². The predicted octanol–water partition coefficient (Wildman–Crippen LogP) is 3.76. The molecule has 0 amide bonds. The summed E-state index contributed by atoms with van der Waals surface area (Å²) in [5, 5.41) is 0. The zero-order valence-corrected chi connectivity index (χ0v) is 14.8. The van der Waals surface area contributed by atoms with Crippen LogP contribution >= 0.6 is 7.82 Å². The molecule has 0 saturated heterocycles. The highest BCUT2D eigenvalue weighted by atomic mass is 31.2. The van der Waals surface area contributed by atoms with Crippen molar-refractivity contribution in [2.24, 2.45) is 0 Å². The molecular weight excluding hydrogens is 343 g/mol. The van der Waals surface area contributed by atoms with Crippen LogP contribution < -0.4 is 0 Å². The van der Waals surface area contributed by atoms with Crippen LogP contribution in [-0.2, 0) is 40.9 Å². The molecule has 0 radical (unpaired) electrons. The zero-order chi connectivity index (χ0) is 18.0. The molecular formula is C18H21O6P. The smallest absolute Gasteiger partial charge is 0.372 e. The molecule has 7 heteroatoms. The third-order valence-corrected chi connectivity index (χ3v) is 4.67. The van der Waals surface area contributed by atoms with Crippen LogP contribution in [0.4, 0.5) is 0 Å². The second-order valence-electron chi connectivity index (χ2n) is 5.17. The van der Waals surface area contributed by atoms with Crippen molar-refractivity contribution in [3.8, 4) is 0 Å². The predicted molar refractivity (Wildman–Crippen MR) is 92.9 cm³/mol. The zero-order valence-electron chi connectivity index (χ0n) is 13.9. The maximum Gasteiger partial charge on any atom is 0.475 e. The molecule has 0 bridgehead atoms. The molecule has 0 aliphatic heterocycles. The van der Waals surface area contributed by atoms with E-state index in [-0.39, 0.29) is 19.8 Å². The molecule has 2 aromatic carbocycles. The van der Waals surface area contributed by atoms with Gasteiger partial charge in [-0.3, -0.25) is 13.6 Å². The second-order valence-corrected chi connectivity index (χ2v) is 6.84. The molecule has 2 rings (SSSR count). The van der Waals surface area contributed by atoms with Gasteiger partial charge in [-0.05, 0) is 11.1 Å². The Balaban J connectivity index is 2.00. The van der Waals surface area contributed by atoms with Gasteiger partial charge in [0, 0.05) is 7.11 Å². The minimum Gasteiger partial charge on any atom is -0.372 e. The SMILES string of the molecule is COC(C=O)COP(=O)(OCc1ccccc1)OCc1ccccc1. The van der Waals surface area contributed by atoms with Crippen molar-refractivity contribution in [2.45, 2.75) is 19.3 Å². The molecule has 1 atom stereocenters. The first-order valence-electron chi connectivity index (χ1n) is 7.75. The lowest BCUT2D eigenvalue weighted by Gasteiger charge is -2.19. The average Bonchev–Trinajstić information content (AvgIpc) is 2.67. The summed E-state index contributed by atoms with van der Waals surface area (Å²) in [7, 11) is -2.51. The molecule has 0 aliphatic carbocycles. The minimum atomic E-state index is -3.87. The molecule has 0 aliphatic rings. The number of carbonyl (C=O) groups excluding carboxylic acids is 1. The number of rotatable bonds is 11. The van der Waals surface area contributed by atoms with E-state index in [2.05, 4.69) is 0 Å². The number of methoxy groups -OCH3 is 1. The summed E-state index contributed by atoms with van der Waals surface area (Å²) in [6.45, 7) is -0.0991. The van der Waals surface area contributed by atoms with Gasteiger partial charge in [-0.25, -0.2) is 4.57 Å². The van der Waals surface area contributed by atoms with Crippen molar-refractivity contribution < 1.29 is 27.7 Å². The highest BCUT2D eigenvalue weighted by molar-refractivity contribution is 7.48. The minimum absolute atomic E-state index is 0.0612. The lowest BCUT2D eigenvalue weighted by Crippen LogP contribution is -2.19. The van der Waals surface area contributed by atoms with Gasteiger partial charge in [0.25, 0.3) is 0 Å². The monoisotopic (exact) mass is 364 g/mol. The van der Waals surface area contributed by atoms with Crippen molar-refractivity contribution >= 4 is 14.1 Å². The molecule has 0 spiro atoms. The van der Waals surface area contributed by atoms with Gasteiger partial charge in [0.2, 0.25) is 0 Å². The van der Waals surface area contributed by atoms with Gasteiger partial charge in [0.1, 0.15) is 6.10 Å². The highest BCUT2D eigenvalue weighted by Gasteiger charge is 2.28. The van der Waals surface area contributed by atoms with E-state index >= 15 is 0 Å². The summed E-state index contributed by atoms with van der Waals surface area (Å²) < 4.78 is 33.9. The number of phosphoric acid groups is 1. The van der Waals surface area contributed by atoms with Crippen LogP contribution in [0.25, 0.3) is 0 Å². The normalized spacial score (nSPS) is 12.7. The molecule has 6 nitrogen and oxygen atoms in total. The Bertz CT molecular complexity index is 629. The lowest BCUT2D eigenvalue weighted by atomic mass is 10.2. The molecule has 0 N–H and O–H groups in total. The van der Waals surface area contributed by atoms with Crippen LogP contribution in [0, 0.1) is 0 Å². The summed E-state index contributed by atoms with van der Waals surface area (Å²) in [5.74, 6) is 0. The summed E-state index contributed by atoms with van der Waals surface area (Å²) in [5.41, 5.74) is 1.65. The van der Waals surface area contributed by atoms with Crippen molar-refractivity contribution in [3.63, 3.8) is 0 Å². The van der Waals surface area contributed by atoms with E-state index in [9.17, 15) is 9.36 Å².